The van der Waals surface area contributed by atoms with Gasteiger partial charge in [-0.05, 0) is 38.5 Å². The summed E-state index contributed by atoms with van der Waals surface area (Å²) in [4.78, 5) is 37.5. The highest BCUT2D eigenvalue weighted by atomic mass is 16.6. The summed E-state index contributed by atoms with van der Waals surface area (Å²) in [5.41, 5.74) is 5.14. The van der Waals surface area contributed by atoms with E-state index in [9.17, 15) is 19.5 Å². The van der Waals surface area contributed by atoms with Crippen molar-refractivity contribution in [1.29, 1.82) is 0 Å². The van der Waals surface area contributed by atoms with Crippen molar-refractivity contribution in [1.82, 2.24) is 4.90 Å². The average Bonchev–Trinajstić information content (AvgIpc) is 2.53. The van der Waals surface area contributed by atoms with Crippen LogP contribution < -0.4 is 5.73 Å². The Morgan fingerprint density at radius 2 is 1.76 bits per heavy atom. The summed E-state index contributed by atoms with van der Waals surface area (Å²) in [5, 5.41) is 9.35. The molecular formula is C17H24N2O6. The van der Waals surface area contributed by atoms with Gasteiger partial charge in [0.2, 0.25) is 5.91 Å². The molecule has 0 aliphatic carbocycles. The second kappa shape index (κ2) is 8.48. The first-order valence-corrected chi connectivity index (χ1v) is 7.70. The van der Waals surface area contributed by atoms with Gasteiger partial charge < -0.3 is 20.3 Å². The fourth-order valence-corrected chi connectivity index (χ4v) is 2.08. The molecule has 0 aliphatic heterocycles. The SMILES string of the molecule is COC(=O)[C@H](Cc1ccc(O)cc1)N(C(=O)CN)C(=O)OC(C)(C)C. The topological polar surface area (TPSA) is 119 Å². The minimum atomic E-state index is -1.24. The molecule has 1 aromatic rings. The van der Waals surface area contributed by atoms with Crippen LogP contribution in [0.4, 0.5) is 4.79 Å². The molecule has 0 spiro atoms. The van der Waals surface area contributed by atoms with Crippen LogP contribution in [0.15, 0.2) is 24.3 Å². The van der Waals surface area contributed by atoms with Gasteiger partial charge in [0.25, 0.3) is 0 Å². The second-order valence-electron chi connectivity index (χ2n) is 6.36. The Morgan fingerprint density at radius 3 is 2.20 bits per heavy atom. The number of carbonyl (C=O) groups excluding carboxylic acids is 3. The molecule has 138 valence electrons. The second-order valence-corrected chi connectivity index (χ2v) is 6.36. The number of methoxy groups -OCH3 is 1. The van der Waals surface area contributed by atoms with Gasteiger partial charge in [-0.15, -0.1) is 0 Å². The van der Waals surface area contributed by atoms with E-state index in [0.717, 1.165) is 7.11 Å². The molecule has 1 aromatic carbocycles. The molecule has 0 aliphatic rings. The van der Waals surface area contributed by atoms with Crippen LogP contribution in [0, 0.1) is 0 Å². The van der Waals surface area contributed by atoms with Gasteiger partial charge in [0.1, 0.15) is 17.4 Å². The molecule has 0 saturated heterocycles. The molecule has 8 nitrogen and oxygen atoms in total. The average molecular weight is 352 g/mol. The summed E-state index contributed by atoms with van der Waals surface area (Å²) >= 11 is 0. The number of carbonyl (C=O) groups is 3. The van der Waals surface area contributed by atoms with Gasteiger partial charge >= 0.3 is 12.1 Å². The summed E-state index contributed by atoms with van der Waals surface area (Å²) in [7, 11) is 1.16. The summed E-state index contributed by atoms with van der Waals surface area (Å²) in [5.74, 6) is -1.48. The molecule has 1 atom stereocenters. The number of nitrogens with two attached hydrogens (primary N) is 1. The summed E-state index contributed by atoms with van der Waals surface area (Å²) in [6.07, 6.45) is -0.977. The minimum absolute atomic E-state index is 0.00205. The zero-order chi connectivity index (χ0) is 19.2. The lowest BCUT2D eigenvalue weighted by molar-refractivity contribution is -0.151. The first-order valence-electron chi connectivity index (χ1n) is 7.70. The Balaban J connectivity index is 3.19. The van der Waals surface area contributed by atoms with E-state index in [1.54, 1.807) is 32.9 Å². The molecule has 0 heterocycles. The Bertz CT molecular complexity index is 621. The van der Waals surface area contributed by atoms with Gasteiger partial charge in [0.15, 0.2) is 0 Å². The molecule has 0 bridgehead atoms. The number of rotatable bonds is 5. The number of hydrogen-bond donors (Lipinski definition) is 2. The lowest BCUT2D eigenvalue weighted by atomic mass is 10.0. The lowest BCUT2D eigenvalue weighted by Gasteiger charge is -2.30. The number of amides is 2. The van der Waals surface area contributed by atoms with Crippen LogP contribution in [0.2, 0.25) is 0 Å². The van der Waals surface area contributed by atoms with Crippen LogP contribution in [0.1, 0.15) is 26.3 Å². The monoisotopic (exact) mass is 352 g/mol. The highest BCUT2D eigenvalue weighted by Gasteiger charge is 2.37. The largest absolute Gasteiger partial charge is 0.508 e. The van der Waals surface area contributed by atoms with E-state index in [2.05, 4.69) is 0 Å². The van der Waals surface area contributed by atoms with E-state index in [1.165, 1.54) is 12.1 Å². The first kappa shape index (κ1) is 20.4. The summed E-state index contributed by atoms with van der Waals surface area (Å²) in [6, 6.07) is 4.79. The number of esters is 1. The number of benzene rings is 1. The molecule has 25 heavy (non-hydrogen) atoms. The van der Waals surface area contributed by atoms with E-state index in [1.807, 2.05) is 0 Å². The van der Waals surface area contributed by atoms with Gasteiger partial charge in [-0.25, -0.2) is 14.5 Å². The predicted octanol–water partition coefficient (Wildman–Crippen LogP) is 1.20. The number of imide groups is 1. The predicted molar refractivity (Wildman–Crippen MR) is 89.7 cm³/mol. The Kier molecular flexibility index (Phi) is 6.93. The summed E-state index contributed by atoms with van der Waals surface area (Å²) in [6.45, 7) is 4.46. The van der Waals surface area contributed by atoms with Gasteiger partial charge in [-0.1, -0.05) is 12.1 Å². The lowest BCUT2D eigenvalue weighted by Crippen LogP contribution is -2.53. The van der Waals surface area contributed by atoms with E-state index in [-0.39, 0.29) is 12.2 Å². The molecule has 1 rings (SSSR count). The van der Waals surface area contributed by atoms with Crippen molar-refractivity contribution >= 4 is 18.0 Å². The maximum Gasteiger partial charge on any atom is 0.417 e. The molecule has 0 saturated carbocycles. The summed E-state index contributed by atoms with van der Waals surface area (Å²) < 4.78 is 9.95. The number of nitrogens with zero attached hydrogens (tertiary/aromatic N) is 1. The molecule has 0 radical (unpaired) electrons. The van der Waals surface area contributed by atoms with Crippen molar-refractivity contribution < 1.29 is 29.0 Å². The van der Waals surface area contributed by atoms with E-state index in [0.29, 0.717) is 10.5 Å². The Labute approximate surface area is 146 Å². The normalized spacial score (nSPS) is 12.2. The molecule has 0 unspecified atom stereocenters. The molecular weight excluding hydrogens is 328 g/mol. The van der Waals surface area contributed by atoms with Crippen molar-refractivity contribution in [3.63, 3.8) is 0 Å². The third kappa shape index (κ3) is 6.07. The number of phenolic OH excluding ortho intramolecular Hbond substituents is 1. The van der Waals surface area contributed by atoms with Crippen LogP contribution in [0.5, 0.6) is 5.75 Å². The molecule has 2 amide bonds. The molecule has 8 heteroatoms. The van der Waals surface area contributed by atoms with E-state index < -0.39 is 36.2 Å². The van der Waals surface area contributed by atoms with Crippen LogP contribution in [-0.2, 0) is 25.5 Å². The standard InChI is InChI=1S/C17H24N2O6/c1-17(2,3)25-16(23)19(14(21)10-18)13(15(22)24-4)9-11-5-7-12(20)8-6-11/h5-8,13,20H,9-10,18H2,1-4H3/t13-/m0/s1. The molecule has 0 aromatic heterocycles. The maximum atomic E-state index is 12.4. The van der Waals surface area contributed by atoms with E-state index in [4.69, 9.17) is 15.2 Å². The van der Waals surface area contributed by atoms with E-state index >= 15 is 0 Å². The van der Waals surface area contributed by atoms with Gasteiger partial charge in [-0.3, -0.25) is 4.79 Å². The first-order chi connectivity index (χ1) is 11.6. The molecule has 0 fully saturated rings. The van der Waals surface area contributed by atoms with Gasteiger partial charge in [0.05, 0.1) is 13.7 Å². The minimum Gasteiger partial charge on any atom is -0.508 e. The van der Waals surface area contributed by atoms with Crippen molar-refractivity contribution in [3.8, 4) is 5.75 Å². The third-order valence-corrected chi connectivity index (χ3v) is 3.18. The quantitative estimate of drug-likeness (QED) is 0.764. The Hall–Kier alpha value is -2.61. The zero-order valence-electron chi connectivity index (χ0n) is 14.8. The van der Waals surface area contributed by atoms with Crippen LogP contribution in [0.3, 0.4) is 0 Å². The smallest absolute Gasteiger partial charge is 0.417 e. The van der Waals surface area contributed by atoms with Crippen LogP contribution >= 0.6 is 0 Å². The third-order valence-electron chi connectivity index (χ3n) is 3.18. The maximum absolute atomic E-state index is 12.4. The highest BCUT2D eigenvalue weighted by Crippen LogP contribution is 2.18. The van der Waals surface area contributed by atoms with Crippen LogP contribution in [-0.4, -0.2) is 53.3 Å². The van der Waals surface area contributed by atoms with Crippen molar-refractivity contribution in [2.24, 2.45) is 5.73 Å². The number of hydrogen-bond acceptors (Lipinski definition) is 7. The van der Waals surface area contributed by atoms with Crippen molar-refractivity contribution in [3.05, 3.63) is 29.8 Å². The number of phenols is 1. The number of ether oxygens (including phenoxy) is 2. The van der Waals surface area contributed by atoms with Gasteiger partial charge in [0, 0.05) is 6.42 Å². The van der Waals surface area contributed by atoms with Crippen molar-refractivity contribution in [2.45, 2.75) is 38.8 Å². The highest BCUT2D eigenvalue weighted by molar-refractivity contribution is 5.97. The number of aromatic hydroxyl groups is 1. The van der Waals surface area contributed by atoms with Crippen LogP contribution in [0.25, 0.3) is 0 Å². The Morgan fingerprint density at radius 1 is 1.20 bits per heavy atom. The van der Waals surface area contributed by atoms with Gasteiger partial charge in [-0.2, -0.15) is 0 Å². The zero-order valence-corrected chi connectivity index (χ0v) is 14.8. The fraction of sp³-hybridized carbons (Fsp3) is 0.471. The fourth-order valence-electron chi connectivity index (χ4n) is 2.08. The molecule has 3 N–H and O–H groups in total. The van der Waals surface area contributed by atoms with Crippen molar-refractivity contribution in [2.75, 3.05) is 13.7 Å².